The normalized spacial score (nSPS) is 15.3. The second-order valence-electron chi connectivity index (χ2n) is 11.2. The first-order valence-corrected chi connectivity index (χ1v) is 14.5. The topological polar surface area (TPSA) is 76.5 Å². The Bertz CT molecular complexity index is 1630. The molecule has 2 heterocycles. The Balaban J connectivity index is 1.70. The van der Waals surface area contributed by atoms with Crippen LogP contribution in [0.4, 0.5) is 20.3 Å². The predicted octanol–water partition coefficient (Wildman–Crippen LogP) is 6.57. The second-order valence-corrected chi connectivity index (χ2v) is 12.3. The van der Waals surface area contributed by atoms with Crippen LogP contribution in [0.15, 0.2) is 66.7 Å². The van der Waals surface area contributed by atoms with E-state index in [9.17, 15) is 14.0 Å². The van der Waals surface area contributed by atoms with Crippen LogP contribution in [0.5, 0.6) is 5.75 Å². The molecule has 218 valence electrons. The van der Waals surface area contributed by atoms with Gasteiger partial charge in [-0.3, -0.25) is 14.5 Å². The number of nitrogens with one attached hydrogen (secondary N) is 1. The zero-order valence-electron chi connectivity index (χ0n) is 24.1. The van der Waals surface area contributed by atoms with E-state index in [1.165, 1.54) is 28.8 Å². The van der Waals surface area contributed by atoms with Gasteiger partial charge in [-0.25, -0.2) is 13.5 Å². The van der Waals surface area contributed by atoms with Crippen molar-refractivity contribution in [1.29, 1.82) is 0 Å². The Hall–Kier alpha value is -4.18. The van der Waals surface area contributed by atoms with Crippen molar-refractivity contribution >= 4 is 35.1 Å². The standard InChI is InChI=1S/C32H32F2N4O3S/c1-19-6-9-21(10-7-19)35-26(39)17-37-27(40)18-42-29(24-15-8-20(33)16-25(24)34)28-30(32(2,3)4)36-38(31(28)37)22-11-13-23(41-5)14-12-22/h6-16,29H,17-18H2,1-5H3,(H,35,39). The average molecular weight is 591 g/mol. The summed E-state index contributed by atoms with van der Waals surface area (Å²) < 4.78 is 36.2. The van der Waals surface area contributed by atoms with Gasteiger partial charge < -0.3 is 10.1 Å². The van der Waals surface area contributed by atoms with Crippen LogP contribution in [-0.4, -0.2) is 41.0 Å². The molecule has 7 nitrogen and oxygen atoms in total. The Morgan fingerprint density at radius 3 is 2.38 bits per heavy atom. The number of aryl methyl sites for hydroxylation is 1. The van der Waals surface area contributed by atoms with Gasteiger partial charge in [0.05, 0.1) is 29.5 Å². The summed E-state index contributed by atoms with van der Waals surface area (Å²) in [5.74, 6) is -1.15. The smallest absolute Gasteiger partial charge is 0.244 e. The van der Waals surface area contributed by atoms with E-state index in [1.807, 2.05) is 39.8 Å². The lowest BCUT2D eigenvalue weighted by atomic mass is 9.87. The highest BCUT2D eigenvalue weighted by Gasteiger charge is 2.40. The quantitative estimate of drug-likeness (QED) is 0.275. The number of methoxy groups -OCH3 is 1. The van der Waals surface area contributed by atoms with Gasteiger partial charge in [0, 0.05) is 28.3 Å². The number of fused-ring (bicyclic) bond motifs is 1. The van der Waals surface area contributed by atoms with Crippen molar-refractivity contribution in [2.24, 2.45) is 0 Å². The molecule has 1 unspecified atom stereocenters. The third kappa shape index (κ3) is 5.90. The van der Waals surface area contributed by atoms with Crippen molar-refractivity contribution in [3.05, 3.63) is 101 Å². The predicted molar refractivity (Wildman–Crippen MR) is 162 cm³/mol. The number of anilines is 2. The molecule has 0 fully saturated rings. The van der Waals surface area contributed by atoms with Gasteiger partial charge in [0.1, 0.15) is 29.7 Å². The molecule has 1 aliphatic rings. The zero-order valence-corrected chi connectivity index (χ0v) is 24.9. The van der Waals surface area contributed by atoms with Crippen molar-refractivity contribution in [2.45, 2.75) is 38.4 Å². The lowest BCUT2D eigenvalue weighted by molar-refractivity contribution is -0.120. The van der Waals surface area contributed by atoms with Gasteiger partial charge in [0.2, 0.25) is 11.8 Å². The highest BCUT2D eigenvalue weighted by Crippen LogP contribution is 2.49. The molecule has 1 N–H and O–H groups in total. The summed E-state index contributed by atoms with van der Waals surface area (Å²) in [5.41, 5.74) is 3.23. The van der Waals surface area contributed by atoms with Gasteiger partial charge in [0.25, 0.3) is 0 Å². The maximum Gasteiger partial charge on any atom is 0.244 e. The number of halogens is 2. The van der Waals surface area contributed by atoms with Crippen LogP contribution in [0.2, 0.25) is 0 Å². The van der Waals surface area contributed by atoms with Crippen LogP contribution in [0.25, 0.3) is 5.69 Å². The first-order valence-electron chi connectivity index (χ1n) is 13.5. The molecular formula is C32H32F2N4O3S. The molecule has 1 atom stereocenters. The van der Waals surface area contributed by atoms with Gasteiger partial charge >= 0.3 is 0 Å². The van der Waals surface area contributed by atoms with Gasteiger partial charge in [-0.05, 0) is 49.4 Å². The van der Waals surface area contributed by atoms with Crippen molar-refractivity contribution < 1.29 is 23.1 Å². The van der Waals surface area contributed by atoms with Gasteiger partial charge in [-0.2, -0.15) is 5.10 Å². The number of amides is 2. The van der Waals surface area contributed by atoms with Gasteiger partial charge in [-0.1, -0.05) is 44.5 Å². The summed E-state index contributed by atoms with van der Waals surface area (Å²) in [6.45, 7) is 7.62. The summed E-state index contributed by atoms with van der Waals surface area (Å²) >= 11 is 1.23. The third-order valence-electron chi connectivity index (χ3n) is 7.00. The van der Waals surface area contributed by atoms with Gasteiger partial charge in [0.15, 0.2) is 0 Å². The number of rotatable bonds is 6. The SMILES string of the molecule is COc1ccc(-n2nc(C(C)(C)C)c3c2N(CC(=O)Nc2ccc(C)cc2)C(=O)CSC3c2ccc(F)cc2F)cc1. The fourth-order valence-electron chi connectivity index (χ4n) is 4.92. The fraction of sp³-hybridized carbons (Fsp3) is 0.281. The summed E-state index contributed by atoms with van der Waals surface area (Å²) in [6, 6.07) is 18.0. The molecule has 42 heavy (non-hydrogen) atoms. The number of aromatic nitrogens is 2. The number of hydrogen-bond donors (Lipinski definition) is 1. The summed E-state index contributed by atoms with van der Waals surface area (Å²) in [6.07, 6.45) is 0. The number of nitrogens with zero attached hydrogens (tertiary/aromatic N) is 3. The first kappa shape index (κ1) is 29.3. The minimum atomic E-state index is -0.714. The molecule has 3 aromatic carbocycles. The molecule has 0 aliphatic carbocycles. The Labute approximate surface area is 247 Å². The lowest BCUT2D eigenvalue weighted by Gasteiger charge is -2.24. The molecule has 0 bridgehead atoms. The number of carbonyl (C=O) groups is 2. The number of benzene rings is 3. The van der Waals surface area contributed by atoms with E-state index >= 15 is 4.39 Å². The second kappa shape index (κ2) is 11.6. The van der Waals surface area contributed by atoms with E-state index in [4.69, 9.17) is 9.84 Å². The van der Waals surface area contributed by atoms with Crippen molar-refractivity contribution in [1.82, 2.24) is 9.78 Å². The Morgan fingerprint density at radius 2 is 1.76 bits per heavy atom. The minimum Gasteiger partial charge on any atom is -0.497 e. The monoisotopic (exact) mass is 590 g/mol. The highest BCUT2D eigenvalue weighted by molar-refractivity contribution is 8.00. The molecule has 0 saturated carbocycles. The van der Waals surface area contributed by atoms with E-state index in [0.29, 0.717) is 34.2 Å². The fourth-order valence-corrected chi connectivity index (χ4v) is 6.14. The van der Waals surface area contributed by atoms with E-state index in [-0.39, 0.29) is 23.8 Å². The molecule has 2 amide bonds. The Kier molecular flexibility index (Phi) is 8.10. The van der Waals surface area contributed by atoms with Gasteiger partial charge in [-0.15, -0.1) is 11.8 Å². The maximum absolute atomic E-state index is 15.3. The zero-order chi connectivity index (χ0) is 30.2. The molecule has 1 aliphatic heterocycles. The third-order valence-corrected chi connectivity index (χ3v) is 8.24. The van der Waals surface area contributed by atoms with Crippen LogP contribution in [-0.2, 0) is 15.0 Å². The molecule has 0 spiro atoms. The van der Waals surface area contributed by atoms with E-state index in [0.717, 1.165) is 11.6 Å². The van der Waals surface area contributed by atoms with Crippen molar-refractivity contribution in [2.75, 3.05) is 29.6 Å². The van der Waals surface area contributed by atoms with Crippen molar-refractivity contribution in [3.63, 3.8) is 0 Å². The molecule has 0 radical (unpaired) electrons. The minimum absolute atomic E-state index is 0.0276. The summed E-state index contributed by atoms with van der Waals surface area (Å²) in [5, 5.41) is 7.17. The number of carbonyl (C=O) groups excluding carboxylic acids is 2. The summed E-state index contributed by atoms with van der Waals surface area (Å²) in [7, 11) is 1.57. The maximum atomic E-state index is 15.3. The van der Waals surface area contributed by atoms with Crippen LogP contribution >= 0.6 is 11.8 Å². The largest absolute Gasteiger partial charge is 0.497 e. The molecule has 4 aromatic rings. The Morgan fingerprint density at radius 1 is 1.07 bits per heavy atom. The van der Waals surface area contributed by atoms with Crippen LogP contribution in [0, 0.1) is 18.6 Å². The molecule has 1 aromatic heterocycles. The van der Waals surface area contributed by atoms with E-state index in [2.05, 4.69) is 5.32 Å². The lowest BCUT2D eigenvalue weighted by Crippen LogP contribution is -2.40. The van der Waals surface area contributed by atoms with Crippen LogP contribution < -0.4 is 15.0 Å². The summed E-state index contributed by atoms with van der Waals surface area (Å²) in [4.78, 5) is 28.5. The van der Waals surface area contributed by atoms with Crippen molar-refractivity contribution in [3.8, 4) is 11.4 Å². The molecule has 10 heteroatoms. The average Bonchev–Trinajstić information content (AvgIpc) is 3.29. The molecule has 0 saturated heterocycles. The number of hydrogen-bond acceptors (Lipinski definition) is 5. The number of ether oxygens (including phenoxy) is 1. The molecule has 5 rings (SSSR count). The van der Waals surface area contributed by atoms with E-state index < -0.39 is 28.2 Å². The molecular weight excluding hydrogens is 558 g/mol. The van der Waals surface area contributed by atoms with Crippen LogP contribution in [0.1, 0.15) is 48.4 Å². The van der Waals surface area contributed by atoms with Crippen LogP contribution in [0.3, 0.4) is 0 Å². The van der Waals surface area contributed by atoms with E-state index in [1.54, 1.807) is 48.2 Å². The highest BCUT2D eigenvalue weighted by atomic mass is 32.2. The number of thioether (sulfide) groups is 1. The first-order chi connectivity index (χ1) is 20.0.